The Hall–Kier alpha value is -0.900. The first-order chi connectivity index (χ1) is 5.47. The van der Waals surface area contributed by atoms with Gasteiger partial charge >= 0.3 is 0 Å². The molecule has 3 heteroatoms. The Labute approximate surface area is 72.5 Å². The van der Waals surface area contributed by atoms with Gasteiger partial charge in [0.15, 0.2) is 0 Å². The second-order valence-corrected chi connectivity index (χ2v) is 3.27. The van der Waals surface area contributed by atoms with Crippen molar-refractivity contribution in [2.45, 2.75) is 19.1 Å². The van der Waals surface area contributed by atoms with Crippen molar-refractivity contribution in [3.05, 3.63) is 35.4 Å². The van der Waals surface area contributed by atoms with Crippen LogP contribution in [0.15, 0.2) is 24.3 Å². The molecule has 0 saturated carbocycles. The molecular formula is C9H15N3. The molecule has 1 rings (SSSR count). The van der Waals surface area contributed by atoms with E-state index in [1.165, 1.54) is 5.56 Å². The van der Waals surface area contributed by atoms with Gasteiger partial charge in [0, 0.05) is 6.42 Å². The summed E-state index contributed by atoms with van der Waals surface area (Å²) in [6, 6.07) is 8.00. The summed E-state index contributed by atoms with van der Waals surface area (Å²) in [6.45, 7) is 2.03. The van der Waals surface area contributed by atoms with E-state index in [-0.39, 0.29) is 0 Å². The average molecular weight is 165 g/mol. The highest BCUT2D eigenvalue weighted by Gasteiger charge is 2.11. The monoisotopic (exact) mass is 165 g/mol. The van der Waals surface area contributed by atoms with Gasteiger partial charge in [-0.05, 0) is 12.5 Å². The summed E-state index contributed by atoms with van der Waals surface area (Å²) in [5.74, 6) is -1.10. The predicted octanol–water partition coefficient (Wildman–Crippen LogP) is 0.0674. The van der Waals surface area contributed by atoms with E-state index in [1.807, 2.05) is 31.2 Å². The lowest BCUT2D eigenvalue weighted by Crippen LogP contribution is -2.59. The van der Waals surface area contributed by atoms with E-state index in [0.29, 0.717) is 6.42 Å². The van der Waals surface area contributed by atoms with Gasteiger partial charge in [0.25, 0.3) is 0 Å². The van der Waals surface area contributed by atoms with Gasteiger partial charge in [-0.2, -0.15) is 0 Å². The molecule has 0 spiro atoms. The maximum atomic E-state index is 5.46. The fourth-order valence-corrected chi connectivity index (χ4v) is 1.06. The van der Waals surface area contributed by atoms with Crippen molar-refractivity contribution in [2.75, 3.05) is 0 Å². The van der Waals surface area contributed by atoms with Crippen LogP contribution < -0.4 is 17.2 Å². The standard InChI is InChI=1S/C9H15N3/c1-7-2-4-8(5-3-7)6-9(10,11)12/h2-5H,6,10-12H2,1H3. The third kappa shape index (κ3) is 3.00. The summed E-state index contributed by atoms with van der Waals surface area (Å²) in [6.07, 6.45) is 0.493. The highest BCUT2D eigenvalue weighted by molar-refractivity contribution is 5.22. The minimum Gasteiger partial charge on any atom is -0.301 e. The molecule has 0 heterocycles. The van der Waals surface area contributed by atoms with Crippen LogP contribution in [0.5, 0.6) is 0 Å². The Balaban J connectivity index is 2.71. The smallest absolute Gasteiger partial charge is 0.119 e. The van der Waals surface area contributed by atoms with Crippen LogP contribution in [-0.4, -0.2) is 5.79 Å². The average Bonchev–Trinajstić information content (AvgIpc) is 1.91. The third-order valence-electron chi connectivity index (χ3n) is 1.63. The van der Waals surface area contributed by atoms with Crippen LogP contribution in [0, 0.1) is 6.92 Å². The Kier molecular flexibility index (Phi) is 2.47. The maximum absolute atomic E-state index is 5.46. The normalized spacial score (nSPS) is 11.7. The minimum absolute atomic E-state index is 0.493. The van der Waals surface area contributed by atoms with Crippen LogP contribution in [0.4, 0.5) is 0 Å². The molecular weight excluding hydrogens is 150 g/mol. The van der Waals surface area contributed by atoms with E-state index >= 15 is 0 Å². The molecule has 66 valence electrons. The van der Waals surface area contributed by atoms with Crippen LogP contribution in [0.1, 0.15) is 11.1 Å². The number of nitrogens with two attached hydrogens (primary N) is 3. The van der Waals surface area contributed by atoms with Gasteiger partial charge in [-0.1, -0.05) is 29.8 Å². The van der Waals surface area contributed by atoms with E-state index in [0.717, 1.165) is 5.56 Å². The summed E-state index contributed by atoms with van der Waals surface area (Å²) in [4.78, 5) is 0. The van der Waals surface area contributed by atoms with Gasteiger partial charge in [-0.25, -0.2) is 0 Å². The highest BCUT2D eigenvalue weighted by Crippen LogP contribution is 2.05. The van der Waals surface area contributed by atoms with E-state index in [9.17, 15) is 0 Å². The lowest BCUT2D eigenvalue weighted by Gasteiger charge is -2.18. The van der Waals surface area contributed by atoms with E-state index in [2.05, 4.69) is 0 Å². The fraction of sp³-hybridized carbons (Fsp3) is 0.333. The Bertz CT molecular complexity index is 245. The molecule has 0 atom stereocenters. The third-order valence-corrected chi connectivity index (χ3v) is 1.63. The van der Waals surface area contributed by atoms with E-state index < -0.39 is 5.79 Å². The summed E-state index contributed by atoms with van der Waals surface area (Å²) in [5.41, 5.74) is 18.7. The van der Waals surface area contributed by atoms with Gasteiger partial charge in [0.05, 0.1) is 0 Å². The number of hydrogen-bond acceptors (Lipinski definition) is 3. The van der Waals surface area contributed by atoms with Gasteiger partial charge in [-0.3, -0.25) is 0 Å². The van der Waals surface area contributed by atoms with Crippen molar-refractivity contribution in [2.24, 2.45) is 17.2 Å². The van der Waals surface area contributed by atoms with Crippen molar-refractivity contribution in [3.8, 4) is 0 Å². The molecule has 0 aliphatic carbocycles. The summed E-state index contributed by atoms with van der Waals surface area (Å²) >= 11 is 0. The van der Waals surface area contributed by atoms with Crippen LogP contribution in [-0.2, 0) is 6.42 Å². The zero-order valence-corrected chi connectivity index (χ0v) is 7.25. The molecule has 0 aliphatic heterocycles. The first-order valence-electron chi connectivity index (χ1n) is 3.89. The zero-order chi connectivity index (χ0) is 9.19. The zero-order valence-electron chi connectivity index (χ0n) is 7.25. The van der Waals surface area contributed by atoms with Crippen LogP contribution >= 0.6 is 0 Å². The van der Waals surface area contributed by atoms with Gasteiger partial charge in [0.2, 0.25) is 0 Å². The van der Waals surface area contributed by atoms with Crippen molar-refractivity contribution < 1.29 is 0 Å². The van der Waals surface area contributed by atoms with E-state index in [1.54, 1.807) is 0 Å². The topological polar surface area (TPSA) is 78.1 Å². The molecule has 0 aliphatic rings. The first-order valence-corrected chi connectivity index (χ1v) is 3.89. The maximum Gasteiger partial charge on any atom is 0.119 e. The van der Waals surface area contributed by atoms with Crippen molar-refractivity contribution >= 4 is 0 Å². The fourth-order valence-electron chi connectivity index (χ4n) is 1.06. The molecule has 0 radical (unpaired) electrons. The largest absolute Gasteiger partial charge is 0.301 e. The summed E-state index contributed by atoms with van der Waals surface area (Å²) < 4.78 is 0. The van der Waals surface area contributed by atoms with Crippen LogP contribution in [0.2, 0.25) is 0 Å². The molecule has 0 fully saturated rings. The molecule has 0 saturated heterocycles. The second kappa shape index (κ2) is 3.23. The van der Waals surface area contributed by atoms with Crippen molar-refractivity contribution in [1.29, 1.82) is 0 Å². The Morgan fingerprint density at radius 1 is 1.08 bits per heavy atom. The number of aryl methyl sites for hydroxylation is 1. The minimum atomic E-state index is -1.10. The van der Waals surface area contributed by atoms with Gasteiger partial charge in [0.1, 0.15) is 5.79 Å². The number of rotatable bonds is 2. The lowest BCUT2D eigenvalue weighted by atomic mass is 10.1. The van der Waals surface area contributed by atoms with Crippen LogP contribution in [0.25, 0.3) is 0 Å². The van der Waals surface area contributed by atoms with Gasteiger partial charge < -0.3 is 17.2 Å². The predicted molar refractivity (Wildman–Crippen MR) is 50.2 cm³/mol. The SMILES string of the molecule is Cc1ccc(CC(N)(N)N)cc1. The Morgan fingerprint density at radius 2 is 1.58 bits per heavy atom. The summed E-state index contributed by atoms with van der Waals surface area (Å²) in [7, 11) is 0. The molecule has 1 aromatic carbocycles. The number of benzene rings is 1. The Morgan fingerprint density at radius 3 is 2.00 bits per heavy atom. The quantitative estimate of drug-likeness (QED) is 0.542. The molecule has 1 aromatic rings. The molecule has 0 bridgehead atoms. The molecule has 0 unspecified atom stereocenters. The molecule has 12 heavy (non-hydrogen) atoms. The molecule has 0 aromatic heterocycles. The first kappa shape index (κ1) is 9.19. The molecule has 6 N–H and O–H groups in total. The van der Waals surface area contributed by atoms with Crippen LogP contribution in [0.3, 0.4) is 0 Å². The molecule has 0 amide bonds. The number of hydrogen-bond donors (Lipinski definition) is 3. The second-order valence-electron chi connectivity index (χ2n) is 3.27. The lowest BCUT2D eigenvalue weighted by molar-refractivity contribution is 0.459. The highest BCUT2D eigenvalue weighted by atomic mass is 15.1. The molecule has 3 nitrogen and oxygen atoms in total. The van der Waals surface area contributed by atoms with Crippen molar-refractivity contribution in [1.82, 2.24) is 0 Å². The van der Waals surface area contributed by atoms with Crippen molar-refractivity contribution in [3.63, 3.8) is 0 Å². The summed E-state index contributed by atoms with van der Waals surface area (Å²) in [5, 5.41) is 0. The van der Waals surface area contributed by atoms with Gasteiger partial charge in [-0.15, -0.1) is 0 Å². The van der Waals surface area contributed by atoms with E-state index in [4.69, 9.17) is 17.2 Å².